The third kappa shape index (κ3) is 4.83. The summed E-state index contributed by atoms with van der Waals surface area (Å²) in [6, 6.07) is 5.75. The Kier molecular flexibility index (Phi) is 6.76. The Balaban J connectivity index is 2.05. The van der Waals surface area contributed by atoms with Gasteiger partial charge in [0.15, 0.2) is 5.16 Å². The molecule has 2 rings (SSSR count). The largest absolute Gasteiger partial charge is 0.383 e. The van der Waals surface area contributed by atoms with E-state index >= 15 is 0 Å². The van der Waals surface area contributed by atoms with Crippen LogP contribution in [0.2, 0.25) is 0 Å². The molecular formula is C17H22N4O4S. The molecule has 8 nitrogen and oxygen atoms in total. The second-order valence-electron chi connectivity index (χ2n) is 5.76. The number of hydrogen-bond acceptors (Lipinski definition) is 6. The van der Waals surface area contributed by atoms with E-state index in [2.05, 4.69) is 10.3 Å². The van der Waals surface area contributed by atoms with Crippen LogP contribution in [-0.2, 0) is 16.1 Å². The summed E-state index contributed by atoms with van der Waals surface area (Å²) in [5, 5.41) is 13.8. The lowest BCUT2D eigenvalue weighted by Crippen LogP contribution is -2.23. The molecule has 140 valence electrons. The predicted octanol–water partition coefficient (Wildman–Crippen LogP) is 3.17. The van der Waals surface area contributed by atoms with E-state index in [0.29, 0.717) is 18.8 Å². The first-order valence-corrected chi connectivity index (χ1v) is 8.96. The zero-order valence-corrected chi connectivity index (χ0v) is 16.0. The highest BCUT2D eigenvalue weighted by Gasteiger charge is 2.20. The summed E-state index contributed by atoms with van der Waals surface area (Å²) in [7, 11) is 1.65. The lowest BCUT2D eigenvalue weighted by atomic mass is 10.3. The Labute approximate surface area is 156 Å². The highest BCUT2D eigenvalue weighted by Crippen LogP contribution is 2.26. The van der Waals surface area contributed by atoms with Crippen molar-refractivity contribution in [3.05, 3.63) is 45.8 Å². The van der Waals surface area contributed by atoms with Crippen LogP contribution in [0.5, 0.6) is 0 Å². The smallest absolute Gasteiger partial charge is 0.269 e. The molecule has 0 fully saturated rings. The van der Waals surface area contributed by atoms with Gasteiger partial charge in [0, 0.05) is 37.2 Å². The minimum atomic E-state index is -0.478. The second-order valence-corrected chi connectivity index (χ2v) is 7.07. The number of hydrogen-bond donors (Lipinski definition) is 1. The fourth-order valence-corrected chi connectivity index (χ4v) is 3.31. The maximum absolute atomic E-state index is 12.4. The molecule has 0 spiro atoms. The van der Waals surface area contributed by atoms with Gasteiger partial charge in [-0.15, -0.1) is 0 Å². The lowest BCUT2D eigenvalue weighted by molar-refractivity contribution is -0.384. The number of anilines is 1. The van der Waals surface area contributed by atoms with Crippen molar-refractivity contribution in [3.8, 4) is 0 Å². The molecule has 0 saturated heterocycles. The van der Waals surface area contributed by atoms with Gasteiger partial charge in [-0.1, -0.05) is 11.8 Å². The van der Waals surface area contributed by atoms with Gasteiger partial charge in [-0.3, -0.25) is 14.9 Å². The molecule has 9 heteroatoms. The van der Waals surface area contributed by atoms with Crippen molar-refractivity contribution < 1.29 is 14.5 Å². The molecule has 0 aliphatic carbocycles. The fourth-order valence-electron chi connectivity index (χ4n) is 2.28. The minimum absolute atomic E-state index is 0.0171. The molecule has 0 aliphatic rings. The van der Waals surface area contributed by atoms with E-state index in [9.17, 15) is 14.9 Å². The summed E-state index contributed by atoms with van der Waals surface area (Å²) in [4.78, 5) is 27.2. The van der Waals surface area contributed by atoms with Crippen LogP contribution in [0.25, 0.3) is 0 Å². The van der Waals surface area contributed by atoms with E-state index in [1.807, 2.05) is 18.4 Å². The maximum Gasteiger partial charge on any atom is 0.269 e. The number of benzene rings is 1. The monoisotopic (exact) mass is 378 g/mol. The van der Waals surface area contributed by atoms with E-state index in [1.54, 1.807) is 14.0 Å². The number of nitro benzene ring substituents is 1. The number of rotatable bonds is 8. The van der Waals surface area contributed by atoms with Gasteiger partial charge in [0.2, 0.25) is 5.91 Å². The van der Waals surface area contributed by atoms with Crippen LogP contribution in [0.3, 0.4) is 0 Å². The molecule has 1 aromatic heterocycles. The van der Waals surface area contributed by atoms with E-state index in [1.165, 1.54) is 36.0 Å². The van der Waals surface area contributed by atoms with Gasteiger partial charge in [0.25, 0.3) is 5.69 Å². The Morgan fingerprint density at radius 1 is 1.38 bits per heavy atom. The number of ether oxygens (including phenoxy) is 1. The summed E-state index contributed by atoms with van der Waals surface area (Å²) in [6.45, 7) is 6.95. The number of methoxy groups -OCH3 is 1. The Morgan fingerprint density at radius 3 is 2.62 bits per heavy atom. The molecule has 1 unspecified atom stereocenters. The van der Waals surface area contributed by atoms with Crippen molar-refractivity contribution in [1.82, 2.24) is 9.55 Å². The number of imidazole rings is 1. The number of carbonyl (C=O) groups is 1. The molecule has 0 radical (unpaired) electrons. The first kappa shape index (κ1) is 19.9. The SMILES string of the molecule is COCCn1c(SC(C)C(=O)Nc2ccc([N+](=O)[O-])cc2)nc(C)c1C. The van der Waals surface area contributed by atoms with Crippen molar-refractivity contribution in [2.75, 3.05) is 19.0 Å². The van der Waals surface area contributed by atoms with Crippen LogP contribution in [-0.4, -0.2) is 39.3 Å². The topological polar surface area (TPSA) is 99.3 Å². The van der Waals surface area contributed by atoms with Gasteiger partial charge in [-0.25, -0.2) is 4.98 Å². The highest BCUT2D eigenvalue weighted by atomic mass is 32.2. The zero-order chi connectivity index (χ0) is 19.3. The normalized spacial score (nSPS) is 12.0. The fraction of sp³-hybridized carbons (Fsp3) is 0.412. The van der Waals surface area contributed by atoms with Crippen LogP contribution in [0, 0.1) is 24.0 Å². The number of non-ortho nitro benzene ring substituents is 1. The number of thioether (sulfide) groups is 1. The van der Waals surface area contributed by atoms with E-state index < -0.39 is 4.92 Å². The van der Waals surface area contributed by atoms with Crippen molar-refractivity contribution in [3.63, 3.8) is 0 Å². The summed E-state index contributed by atoms with van der Waals surface area (Å²) in [5.41, 5.74) is 2.47. The Bertz CT molecular complexity index is 789. The van der Waals surface area contributed by atoms with Gasteiger partial charge < -0.3 is 14.6 Å². The summed E-state index contributed by atoms with van der Waals surface area (Å²) >= 11 is 1.37. The molecular weight excluding hydrogens is 356 g/mol. The van der Waals surface area contributed by atoms with E-state index in [0.717, 1.165) is 16.5 Å². The first-order chi connectivity index (χ1) is 12.3. The molecule has 1 atom stereocenters. The first-order valence-electron chi connectivity index (χ1n) is 8.08. The number of aromatic nitrogens is 2. The molecule has 1 N–H and O–H groups in total. The lowest BCUT2D eigenvalue weighted by Gasteiger charge is -2.14. The number of nitrogens with one attached hydrogen (secondary N) is 1. The van der Waals surface area contributed by atoms with Crippen LogP contribution in [0.4, 0.5) is 11.4 Å². The van der Waals surface area contributed by atoms with Gasteiger partial charge in [0.05, 0.1) is 22.5 Å². The summed E-state index contributed by atoms with van der Waals surface area (Å²) in [6.07, 6.45) is 0. The summed E-state index contributed by atoms with van der Waals surface area (Å²) < 4.78 is 7.18. The highest BCUT2D eigenvalue weighted by molar-refractivity contribution is 8.00. The predicted molar refractivity (Wildman–Crippen MR) is 101 cm³/mol. The average molecular weight is 378 g/mol. The van der Waals surface area contributed by atoms with E-state index in [4.69, 9.17) is 4.74 Å². The third-order valence-electron chi connectivity index (χ3n) is 3.94. The van der Waals surface area contributed by atoms with Crippen LogP contribution in [0.15, 0.2) is 29.4 Å². The molecule has 1 aromatic carbocycles. The summed E-state index contributed by atoms with van der Waals surface area (Å²) in [5.74, 6) is -0.194. The quantitative estimate of drug-likeness (QED) is 0.430. The van der Waals surface area contributed by atoms with Gasteiger partial charge in [-0.05, 0) is 32.9 Å². The molecule has 1 amide bonds. The second kappa shape index (κ2) is 8.81. The van der Waals surface area contributed by atoms with Gasteiger partial charge in [-0.2, -0.15) is 0 Å². The third-order valence-corrected chi connectivity index (χ3v) is 5.03. The minimum Gasteiger partial charge on any atom is -0.383 e. The van der Waals surface area contributed by atoms with E-state index in [-0.39, 0.29) is 16.8 Å². The number of nitrogens with zero attached hydrogens (tertiary/aromatic N) is 3. The molecule has 26 heavy (non-hydrogen) atoms. The maximum atomic E-state index is 12.4. The molecule has 1 heterocycles. The standard InChI is InChI=1S/C17H22N4O4S/c1-11-12(2)20(9-10-25-4)17(18-11)26-13(3)16(22)19-14-5-7-15(8-6-14)21(23)24/h5-8,13H,9-10H2,1-4H3,(H,19,22). The van der Waals surface area contributed by atoms with Crippen LogP contribution >= 0.6 is 11.8 Å². The number of amides is 1. The molecule has 0 aliphatic heterocycles. The Morgan fingerprint density at radius 2 is 2.04 bits per heavy atom. The van der Waals surface area contributed by atoms with Crippen LogP contribution in [0.1, 0.15) is 18.3 Å². The Hall–Kier alpha value is -2.39. The number of carbonyl (C=O) groups excluding carboxylic acids is 1. The average Bonchev–Trinajstić information content (AvgIpc) is 2.87. The van der Waals surface area contributed by atoms with Crippen LogP contribution < -0.4 is 5.32 Å². The van der Waals surface area contributed by atoms with Crippen molar-refractivity contribution in [2.24, 2.45) is 0 Å². The number of nitro groups is 1. The van der Waals surface area contributed by atoms with Crippen molar-refractivity contribution >= 4 is 29.0 Å². The van der Waals surface area contributed by atoms with Gasteiger partial charge in [0.1, 0.15) is 0 Å². The van der Waals surface area contributed by atoms with Crippen molar-refractivity contribution in [1.29, 1.82) is 0 Å². The number of aryl methyl sites for hydroxylation is 1. The molecule has 0 bridgehead atoms. The molecule has 0 saturated carbocycles. The van der Waals surface area contributed by atoms with Gasteiger partial charge >= 0.3 is 0 Å². The van der Waals surface area contributed by atoms with Crippen molar-refractivity contribution in [2.45, 2.75) is 37.7 Å². The molecule has 2 aromatic rings. The zero-order valence-electron chi connectivity index (χ0n) is 15.2.